The number of cyclic esters (lactones) is 1. The Morgan fingerprint density at radius 1 is 1.25 bits per heavy atom. The molecule has 0 radical (unpaired) electrons. The zero-order valence-corrected chi connectivity index (χ0v) is 13.6. The predicted octanol–water partition coefficient (Wildman–Crippen LogP) is 2.78. The standard InChI is InChI=1S/C18H22N2O4/c21-16(19-15-7-3-5-13-4-1-2-6-14(13)15)20-10-8-18(9-11-20)12-23-17(22)24-18/h1-2,4,6,15H,3,5,7-12H2,(H,19,21)/t15-/m1/s1. The fourth-order valence-corrected chi connectivity index (χ4v) is 3.93. The minimum atomic E-state index is -0.591. The number of nitrogens with one attached hydrogen (secondary N) is 1. The number of rotatable bonds is 1. The minimum absolute atomic E-state index is 0.0307. The number of piperidine rings is 1. The number of nitrogens with zero attached hydrogens (tertiary/aromatic N) is 1. The smallest absolute Gasteiger partial charge is 0.430 e. The van der Waals surface area contributed by atoms with Crippen LogP contribution in [0.2, 0.25) is 0 Å². The van der Waals surface area contributed by atoms with E-state index in [-0.39, 0.29) is 12.1 Å². The number of hydrogen-bond acceptors (Lipinski definition) is 4. The first-order chi connectivity index (χ1) is 11.7. The molecule has 4 rings (SSSR count). The van der Waals surface area contributed by atoms with Gasteiger partial charge in [-0.25, -0.2) is 9.59 Å². The fourth-order valence-electron chi connectivity index (χ4n) is 3.93. The third-order valence-corrected chi connectivity index (χ3v) is 5.38. The van der Waals surface area contributed by atoms with Crippen LogP contribution in [0.25, 0.3) is 0 Å². The zero-order valence-electron chi connectivity index (χ0n) is 13.6. The van der Waals surface area contributed by atoms with E-state index in [1.54, 1.807) is 0 Å². The van der Waals surface area contributed by atoms with E-state index in [0.29, 0.717) is 32.5 Å². The summed E-state index contributed by atoms with van der Waals surface area (Å²) in [4.78, 5) is 25.6. The second kappa shape index (κ2) is 6.00. The van der Waals surface area contributed by atoms with Gasteiger partial charge < -0.3 is 19.7 Å². The lowest BCUT2D eigenvalue weighted by Gasteiger charge is -2.37. The summed E-state index contributed by atoms with van der Waals surface area (Å²) in [5.41, 5.74) is 2.05. The molecular weight excluding hydrogens is 308 g/mol. The molecule has 0 unspecified atom stereocenters. The summed E-state index contributed by atoms with van der Waals surface area (Å²) >= 11 is 0. The van der Waals surface area contributed by atoms with Gasteiger partial charge in [0.2, 0.25) is 0 Å². The molecule has 3 aliphatic rings. The maximum Gasteiger partial charge on any atom is 0.509 e. The van der Waals surface area contributed by atoms with Gasteiger partial charge in [-0.05, 0) is 30.4 Å². The summed E-state index contributed by atoms with van der Waals surface area (Å²) < 4.78 is 10.2. The van der Waals surface area contributed by atoms with Crippen LogP contribution in [0, 0.1) is 0 Å². The number of carbonyl (C=O) groups is 2. The Labute approximate surface area is 141 Å². The van der Waals surface area contributed by atoms with Crippen LogP contribution in [0.1, 0.15) is 42.9 Å². The Kier molecular flexibility index (Phi) is 3.82. The monoisotopic (exact) mass is 330 g/mol. The van der Waals surface area contributed by atoms with Gasteiger partial charge in [0.15, 0.2) is 5.60 Å². The molecule has 2 heterocycles. The number of hydrogen-bond donors (Lipinski definition) is 1. The van der Waals surface area contributed by atoms with Crippen molar-refractivity contribution in [1.82, 2.24) is 10.2 Å². The van der Waals surface area contributed by atoms with Crippen molar-refractivity contribution in [3.8, 4) is 0 Å². The van der Waals surface area contributed by atoms with Gasteiger partial charge in [0.25, 0.3) is 0 Å². The van der Waals surface area contributed by atoms with Crippen molar-refractivity contribution in [2.24, 2.45) is 0 Å². The van der Waals surface area contributed by atoms with Crippen LogP contribution >= 0.6 is 0 Å². The lowest BCUT2D eigenvalue weighted by atomic mass is 9.88. The average Bonchev–Trinajstić information content (AvgIpc) is 2.96. The van der Waals surface area contributed by atoms with Gasteiger partial charge >= 0.3 is 12.2 Å². The van der Waals surface area contributed by atoms with Crippen molar-refractivity contribution in [3.05, 3.63) is 35.4 Å². The second-order valence-electron chi connectivity index (χ2n) is 6.90. The van der Waals surface area contributed by atoms with Crippen molar-refractivity contribution in [1.29, 1.82) is 0 Å². The first-order valence-electron chi connectivity index (χ1n) is 8.64. The van der Waals surface area contributed by atoms with E-state index >= 15 is 0 Å². The molecule has 1 atom stereocenters. The van der Waals surface area contributed by atoms with E-state index in [9.17, 15) is 9.59 Å². The Balaban J connectivity index is 1.37. The lowest BCUT2D eigenvalue weighted by molar-refractivity contribution is 0.00907. The molecule has 0 saturated carbocycles. The molecule has 6 heteroatoms. The van der Waals surface area contributed by atoms with Gasteiger partial charge in [0, 0.05) is 25.9 Å². The number of aryl methyl sites for hydroxylation is 1. The molecule has 2 aliphatic heterocycles. The number of urea groups is 1. The van der Waals surface area contributed by atoms with Crippen LogP contribution < -0.4 is 5.32 Å². The summed E-state index contributed by atoms with van der Waals surface area (Å²) in [5, 5.41) is 3.18. The van der Waals surface area contributed by atoms with Gasteiger partial charge in [-0.1, -0.05) is 24.3 Å². The normalized spacial score (nSPS) is 24.9. The highest BCUT2D eigenvalue weighted by Crippen LogP contribution is 2.33. The van der Waals surface area contributed by atoms with E-state index in [4.69, 9.17) is 9.47 Å². The summed E-state index contributed by atoms with van der Waals surface area (Å²) in [5.74, 6) is 0. The molecule has 1 aliphatic carbocycles. The molecule has 2 fully saturated rings. The van der Waals surface area contributed by atoms with Crippen molar-refractivity contribution >= 4 is 12.2 Å². The van der Waals surface area contributed by atoms with Crippen LogP contribution in [0.15, 0.2) is 24.3 Å². The number of ether oxygens (including phenoxy) is 2. The highest BCUT2D eigenvalue weighted by Gasteiger charge is 2.45. The Hall–Kier alpha value is -2.24. The quantitative estimate of drug-likeness (QED) is 0.804. The number of benzene rings is 1. The zero-order chi connectivity index (χ0) is 16.6. The van der Waals surface area contributed by atoms with Gasteiger partial charge in [-0.3, -0.25) is 0 Å². The average molecular weight is 330 g/mol. The van der Waals surface area contributed by atoms with Gasteiger partial charge in [0.05, 0.1) is 6.04 Å². The van der Waals surface area contributed by atoms with Crippen LogP contribution in [0.5, 0.6) is 0 Å². The first-order valence-corrected chi connectivity index (χ1v) is 8.64. The summed E-state index contributed by atoms with van der Waals surface area (Å²) in [7, 11) is 0. The van der Waals surface area contributed by atoms with Crippen LogP contribution in [-0.2, 0) is 15.9 Å². The summed E-state index contributed by atoms with van der Waals surface area (Å²) in [6, 6.07) is 8.40. The van der Waals surface area contributed by atoms with Gasteiger partial charge in [-0.15, -0.1) is 0 Å². The van der Waals surface area contributed by atoms with E-state index in [1.807, 2.05) is 11.0 Å². The van der Waals surface area contributed by atoms with Crippen molar-refractivity contribution in [2.75, 3.05) is 19.7 Å². The number of likely N-dealkylation sites (tertiary alicyclic amines) is 1. The number of carbonyl (C=O) groups excluding carboxylic acids is 2. The number of amides is 2. The Morgan fingerprint density at radius 2 is 2.04 bits per heavy atom. The van der Waals surface area contributed by atoms with Crippen LogP contribution in [-0.4, -0.2) is 42.4 Å². The highest BCUT2D eigenvalue weighted by atomic mass is 16.8. The van der Waals surface area contributed by atoms with E-state index in [2.05, 4.69) is 23.5 Å². The van der Waals surface area contributed by atoms with Gasteiger partial charge in [0.1, 0.15) is 6.61 Å². The summed E-state index contributed by atoms with van der Waals surface area (Å²) in [6.07, 6.45) is 3.83. The molecule has 0 bridgehead atoms. The topological polar surface area (TPSA) is 67.9 Å². The van der Waals surface area contributed by atoms with Crippen molar-refractivity contribution < 1.29 is 19.1 Å². The molecular formula is C18H22N2O4. The predicted molar refractivity (Wildman–Crippen MR) is 86.6 cm³/mol. The van der Waals surface area contributed by atoms with Gasteiger partial charge in [-0.2, -0.15) is 0 Å². The second-order valence-corrected chi connectivity index (χ2v) is 6.90. The fraction of sp³-hybridized carbons (Fsp3) is 0.556. The molecule has 1 spiro atoms. The molecule has 6 nitrogen and oxygen atoms in total. The maximum absolute atomic E-state index is 12.6. The lowest BCUT2D eigenvalue weighted by Crippen LogP contribution is -2.51. The van der Waals surface area contributed by atoms with Crippen LogP contribution in [0.4, 0.5) is 9.59 Å². The van der Waals surface area contributed by atoms with E-state index in [1.165, 1.54) is 11.1 Å². The molecule has 1 aromatic carbocycles. The molecule has 128 valence electrons. The van der Waals surface area contributed by atoms with Crippen LogP contribution in [0.3, 0.4) is 0 Å². The Morgan fingerprint density at radius 3 is 2.79 bits per heavy atom. The molecule has 1 N–H and O–H groups in total. The van der Waals surface area contributed by atoms with E-state index < -0.39 is 11.8 Å². The SMILES string of the molecule is O=C1OCC2(CCN(C(=O)N[C@@H]3CCCc4ccccc43)CC2)O1. The Bertz CT molecular complexity index is 652. The molecule has 2 saturated heterocycles. The highest BCUT2D eigenvalue weighted by molar-refractivity contribution is 5.75. The maximum atomic E-state index is 12.6. The first kappa shape index (κ1) is 15.3. The molecule has 2 amide bonds. The third-order valence-electron chi connectivity index (χ3n) is 5.38. The minimum Gasteiger partial charge on any atom is -0.430 e. The third kappa shape index (κ3) is 2.81. The van der Waals surface area contributed by atoms with Crippen molar-refractivity contribution in [2.45, 2.75) is 43.7 Å². The summed E-state index contributed by atoms with van der Waals surface area (Å²) in [6.45, 7) is 1.46. The molecule has 0 aromatic heterocycles. The molecule has 1 aromatic rings. The largest absolute Gasteiger partial charge is 0.509 e. The van der Waals surface area contributed by atoms with Crippen molar-refractivity contribution in [3.63, 3.8) is 0 Å². The molecule has 24 heavy (non-hydrogen) atoms. The van der Waals surface area contributed by atoms with E-state index in [0.717, 1.165) is 19.3 Å². The number of fused-ring (bicyclic) bond motifs is 1.